The number of anilines is 2. The summed E-state index contributed by atoms with van der Waals surface area (Å²) in [4.78, 5) is 25.1. The van der Waals surface area contributed by atoms with Crippen molar-refractivity contribution >= 4 is 23.2 Å². The summed E-state index contributed by atoms with van der Waals surface area (Å²) in [5.74, 6) is -1.74. The zero-order valence-electron chi connectivity index (χ0n) is 14.0. The highest BCUT2D eigenvalue weighted by atomic mass is 16.3. The summed E-state index contributed by atoms with van der Waals surface area (Å²) in [7, 11) is 0. The number of nitrogens with two attached hydrogens (primary N) is 1. The van der Waals surface area contributed by atoms with Gasteiger partial charge in [0.15, 0.2) is 0 Å². The van der Waals surface area contributed by atoms with Gasteiger partial charge in [0.1, 0.15) is 11.5 Å². The first-order chi connectivity index (χ1) is 11.1. The Morgan fingerprint density at radius 3 is 1.33 bits per heavy atom. The lowest BCUT2D eigenvalue weighted by molar-refractivity contribution is -0.135. The molecule has 0 spiro atoms. The van der Waals surface area contributed by atoms with Crippen LogP contribution in [0, 0.1) is 27.7 Å². The first-order valence-corrected chi connectivity index (χ1v) is 7.37. The van der Waals surface area contributed by atoms with Gasteiger partial charge in [-0.15, -0.1) is 0 Å². The number of primary amides is 1. The highest BCUT2D eigenvalue weighted by Crippen LogP contribution is 2.35. The topological polar surface area (TPSA) is 104 Å². The van der Waals surface area contributed by atoms with Gasteiger partial charge in [-0.3, -0.25) is 14.5 Å². The maximum absolute atomic E-state index is 12.4. The molecule has 0 radical (unpaired) electrons. The number of hydrogen-bond donors (Lipinski definition) is 3. The summed E-state index contributed by atoms with van der Waals surface area (Å²) >= 11 is 0. The smallest absolute Gasteiger partial charge is 0.320 e. The molecule has 0 bridgehead atoms. The second kappa shape index (κ2) is 6.23. The van der Waals surface area contributed by atoms with Crippen molar-refractivity contribution in [3.8, 4) is 11.5 Å². The minimum atomic E-state index is -1.10. The first-order valence-electron chi connectivity index (χ1n) is 7.37. The lowest BCUT2D eigenvalue weighted by atomic mass is 10.1. The number of nitrogens with zero attached hydrogens (tertiary/aromatic N) is 1. The van der Waals surface area contributed by atoms with E-state index in [4.69, 9.17) is 5.73 Å². The molecule has 0 atom stereocenters. The molecule has 2 aromatic carbocycles. The zero-order chi connectivity index (χ0) is 18.2. The van der Waals surface area contributed by atoms with E-state index in [2.05, 4.69) is 0 Å². The van der Waals surface area contributed by atoms with Crippen LogP contribution in [0.1, 0.15) is 22.3 Å². The molecule has 126 valence electrons. The molecule has 0 aliphatic heterocycles. The van der Waals surface area contributed by atoms with Gasteiger partial charge >= 0.3 is 11.8 Å². The second-order valence-corrected chi connectivity index (χ2v) is 5.86. The van der Waals surface area contributed by atoms with Crippen LogP contribution in [0.5, 0.6) is 11.5 Å². The number of aryl methyl sites for hydroxylation is 4. The van der Waals surface area contributed by atoms with Crippen molar-refractivity contribution in [2.45, 2.75) is 27.7 Å². The average molecular weight is 328 g/mol. The molecule has 0 aliphatic carbocycles. The van der Waals surface area contributed by atoms with Crippen molar-refractivity contribution in [1.82, 2.24) is 0 Å². The van der Waals surface area contributed by atoms with Crippen molar-refractivity contribution in [2.24, 2.45) is 5.73 Å². The lowest BCUT2D eigenvalue weighted by Gasteiger charge is -2.24. The highest BCUT2D eigenvalue weighted by molar-refractivity contribution is 6.41. The quantitative estimate of drug-likeness (QED) is 0.737. The van der Waals surface area contributed by atoms with E-state index in [0.717, 1.165) is 0 Å². The van der Waals surface area contributed by atoms with E-state index in [9.17, 15) is 19.8 Å². The maximum atomic E-state index is 12.4. The summed E-state index contributed by atoms with van der Waals surface area (Å²) in [6, 6.07) is 6.39. The second-order valence-electron chi connectivity index (χ2n) is 5.86. The minimum Gasteiger partial charge on any atom is -0.507 e. The molecule has 6 nitrogen and oxygen atoms in total. The summed E-state index contributed by atoms with van der Waals surface area (Å²) in [6.07, 6.45) is 0. The predicted octanol–water partition coefficient (Wildman–Crippen LogP) is 2.48. The molecule has 4 N–H and O–H groups in total. The third-order valence-corrected chi connectivity index (χ3v) is 3.88. The van der Waals surface area contributed by atoms with Gasteiger partial charge in [0, 0.05) is 0 Å². The van der Waals surface area contributed by atoms with Gasteiger partial charge in [0.05, 0.1) is 11.4 Å². The summed E-state index contributed by atoms with van der Waals surface area (Å²) in [6.45, 7) is 6.80. The Morgan fingerprint density at radius 1 is 0.792 bits per heavy atom. The Balaban J connectivity index is 2.71. The van der Waals surface area contributed by atoms with Crippen molar-refractivity contribution in [3.05, 3.63) is 46.5 Å². The average Bonchev–Trinajstić information content (AvgIpc) is 2.50. The number of rotatable bonds is 2. The van der Waals surface area contributed by atoms with Crippen LogP contribution >= 0.6 is 0 Å². The van der Waals surface area contributed by atoms with Crippen molar-refractivity contribution in [2.75, 3.05) is 4.90 Å². The van der Waals surface area contributed by atoms with Gasteiger partial charge in [-0.1, -0.05) is 0 Å². The molecule has 24 heavy (non-hydrogen) atoms. The maximum Gasteiger partial charge on any atom is 0.320 e. The van der Waals surface area contributed by atoms with Gasteiger partial charge in [-0.25, -0.2) is 0 Å². The van der Waals surface area contributed by atoms with Crippen LogP contribution in [0.25, 0.3) is 0 Å². The molecule has 2 amide bonds. The lowest BCUT2D eigenvalue weighted by Crippen LogP contribution is -2.37. The van der Waals surface area contributed by atoms with Gasteiger partial charge in [0.2, 0.25) is 0 Å². The van der Waals surface area contributed by atoms with Crippen molar-refractivity contribution in [1.29, 1.82) is 0 Å². The monoisotopic (exact) mass is 328 g/mol. The Kier molecular flexibility index (Phi) is 4.50. The third-order valence-electron chi connectivity index (χ3n) is 3.88. The fraction of sp³-hybridized carbons (Fsp3) is 0.222. The van der Waals surface area contributed by atoms with Crippen LogP contribution in [0.4, 0.5) is 11.4 Å². The Morgan fingerprint density at radius 2 is 1.08 bits per heavy atom. The number of benzene rings is 2. The molecular weight excluding hydrogens is 308 g/mol. The molecule has 2 rings (SSSR count). The van der Waals surface area contributed by atoms with Gasteiger partial charge < -0.3 is 15.9 Å². The largest absolute Gasteiger partial charge is 0.507 e. The molecule has 2 aromatic rings. The van der Waals surface area contributed by atoms with E-state index in [-0.39, 0.29) is 11.5 Å². The Hall–Kier alpha value is -3.02. The molecule has 0 aliphatic rings. The van der Waals surface area contributed by atoms with Crippen molar-refractivity contribution in [3.63, 3.8) is 0 Å². The molecule has 0 heterocycles. The van der Waals surface area contributed by atoms with Gasteiger partial charge in [-0.2, -0.15) is 0 Å². The Bertz CT molecular complexity index is 739. The van der Waals surface area contributed by atoms with E-state index < -0.39 is 11.8 Å². The highest BCUT2D eigenvalue weighted by Gasteiger charge is 2.25. The van der Waals surface area contributed by atoms with E-state index in [0.29, 0.717) is 33.6 Å². The standard InChI is InChI=1S/C18H20N2O4/c1-9-5-13(6-10(2)15(9)21)20(18(24)17(19)23)14-7-11(3)16(22)12(4)8-14/h5-8,21-22H,1-4H3,(H2,19,23). The molecule has 6 heteroatoms. The number of phenolic OH excluding ortho intramolecular Hbond substituents is 2. The Labute approximate surface area is 140 Å². The summed E-state index contributed by atoms with van der Waals surface area (Å²) < 4.78 is 0. The SMILES string of the molecule is Cc1cc(N(C(=O)C(N)=O)c2cc(C)c(O)c(C)c2)cc(C)c1O. The van der Waals surface area contributed by atoms with E-state index in [1.54, 1.807) is 52.0 Å². The molecule has 0 saturated carbocycles. The number of amides is 2. The van der Waals surface area contributed by atoms with Gasteiger partial charge in [-0.05, 0) is 74.2 Å². The van der Waals surface area contributed by atoms with Crippen LogP contribution in [0.3, 0.4) is 0 Å². The number of carbonyl (C=O) groups excluding carboxylic acids is 2. The van der Waals surface area contributed by atoms with E-state index in [1.165, 1.54) is 4.90 Å². The zero-order valence-corrected chi connectivity index (χ0v) is 14.0. The predicted molar refractivity (Wildman–Crippen MR) is 91.5 cm³/mol. The number of carbonyl (C=O) groups is 2. The van der Waals surface area contributed by atoms with Crippen molar-refractivity contribution < 1.29 is 19.8 Å². The molecular formula is C18H20N2O4. The van der Waals surface area contributed by atoms with E-state index >= 15 is 0 Å². The van der Waals surface area contributed by atoms with Crippen LogP contribution in [0.2, 0.25) is 0 Å². The van der Waals surface area contributed by atoms with Crippen LogP contribution in [0.15, 0.2) is 24.3 Å². The molecule has 0 aromatic heterocycles. The summed E-state index contributed by atoms with van der Waals surface area (Å²) in [5.41, 5.74) is 8.30. The van der Waals surface area contributed by atoms with Gasteiger partial charge in [0.25, 0.3) is 0 Å². The summed E-state index contributed by atoms with van der Waals surface area (Å²) in [5, 5.41) is 19.9. The number of hydrogen-bond acceptors (Lipinski definition) is 4. The van der Waals surface area contributed by atoms with Crippen LogP contribution < -0.4 is 10.6 Å². The normalized spacial score (nSPS) is 10.5. The first kappa shape index (κ1) is 17.3. The van der Waals surface area contributed by atoms with Crippen LogP contribution in [-0.4, -0.2) is 22.0 Å². The molecule has 0 fully saturated rings. The number of aromatic hydroxyl groups is 2. The minimum absolute atomic E-state index is 0.128. The fourth-order valence-corrected chi connectivity index (χ4v) is 2.62. The molecule has 0 unspecified atom stereocenters. The number of phenols is 2. The molecule has 0 saturated heterocycles. The van der Waals surface area contributed by atoms with E-state index in [1.807, 2.05) is 0 Å². The third kappa shape index (κ3) is 3.03. The fourth-order valence-electron chi connectivity index (χ4n) is 2.62. The van der Waals surface area contributed by atoms with Crippen LogP contribution in [-0.2, 0) is 9.59 Å².